The molecule has 0 atom stereocenters. The summed E-state index contributed by atoms with van der Waals surface area (Å²) >= 11 is 0. The van der Waals surface area contributed by atoms with Crippen LogP contribution in [0.4, 0.5) is 17.1 Å². The molecule has 12 rings (SSSR count). The van der Waals surface area contributed by atoms with E-state index in [1.54, 1.807) is 0 Å². The molecule has 1 aliphatic carbocycles. The van der Waals surface area contributed by atoms with Crippen molar-refractivity contribution < 1.29 is 0 Å². The highest BCUT2D eigenvalue weighted by Crippen LogP contribution is 2.56. The first-order valence-electron chi connectivity index (χ1n) is 21.8. The highest BCUT2D eigenvalue weighted by molar-refractivity contribution is 6.10. The van der Waals surface area contributed by atoms with Crippen molar-refractivity contribution in [2.75, 3.05) is 4.90 Å². The van der Waals surface area contributed by atoms with E-state index in [-0.39, 0.29) is 0 Å². The molecular weight excluding hydrogens is 761 g/mol. The molecule has 2 heteroatoms. The molecule has 1 heterocycles. The van der Waals surface area contributed by atoms with Crippen LogP contribution in [0.3, 0.4) is 0 Å². The summed E-state index contributed by atoms with van der Waals surface area (Å²) in [5.74, 6) is 0. The lowest BCUT2D eigenvalue weighted by atomic mass is 9.68. The first kappa shape index (κ1) is 36.6. The van der Waals surface area contributed by atoms with Gasteiger partial charge in [0.25, 0.3) is 0 Å². The van der Waals surface area contributed by atoms with Crippen LogP contribution < -0.4 is 4.90 Å². The Hall–Kier alpha value is -8.20. The number of anilines is 3. The number of benzene rings is 10. The van der Waals surface area contributed by atoms with Crippen molar-refractivity contribution in [1.29, 1.82) is 0 Å². The summed E-state index contributed by atoms with van der Waals surface area (Å²) in [4.78, 5) is 2.30. The van der Waals surface area contributed by atoms with Crippen molar-refractivity contribution >= 4 is 38.9 Å². The molecule has 11 aromatic rings. The zero-order valence-electron chi connectivity index (χ0n) is 34.6. The van der Waals surface area contributed by atoms with E-state index in [9.17, 15) is 0 Å². The van der Waals surface area contributed by atoms with E-state index in [1.165, 1.54) is 77.4 Å². The van der Waals surface area contributed by atoms with E-state index in [1.807, 2.05) is 0 Å². The number of para-hydroxylation sites is 3. The maximum atomic E-state index is 2.47. The molecule has 0 N–H and O–H groups in total. The first-order chi connectivity index (χ1) is 31.3. The lowest BCUT2D eigenvalue weighted by molar-refractivity contribution is 0.768. The molecule has 1 aromatic heterocycles. The van der Waals surface area contributed by atoms with Gasteiger partial charge in [-0.05, 0) is 122 Å². The van der Waals surface area contributed by atoms with Gasteiger partial charge in [0.15, 0.2) is 0 Å². The molecule has 10 aromatic carbocycles. The van der Waals surface area contributed by atoms with Gasteiger partial charge in [0, 0.05) is 33.5 Å². The fourth-order valence-electron chi connectivity index (χ4n) is 10.3. The van der Waals surface area contributed by atoms with Gasteiger partial charge in [0.1, 0.15) is 0 Å². The number of aromatic nitrogens is 1. The molecule has 0 saturated heterocycles. The lowest BCUT2D eigenvalue weighted by Gasteiger charge is -2.33. The Balaban J connectivity index is 0.966. The van der Waals surface area contributed by atoms with Crippen LogP contribution >= 0.6 is 0 Å². The molecule has 0 amide bonds. The molecule has 0 saturated carbocycles. The summed E-state index contributed by atoms with van der Waals surface area (Å²) in [5, 5.41) is 2.49. The minimum absolute atomic E-state index is 0.435. The Morgan fingerprint density at radius 3 is 1.49 bits per heavy atom. The second kappa shape index (κ2) is 15.1. The summed E-state index contributed by atoms with van der Waals surface area (Å²) in [7, 11) is 0. The second-order valence-corrected chi connectivity index (χ2v) is 16.5. The Morgan fingerprint density at radius 2 is 0.810 bits per heavy atom. The summed E-state index contributed by atoms with van der Waals surface area (Å²) in [5.41, 5.74) is 18.9. The van der Waals surface area contributed by atoms with E-state index in [0.29, 0.717) is 0 Å². The molecule has 0 fully saturated rings. The fraction of sp³-hybridized carbons (Fsp3) is 0.0164. The predicted molar refractivity (Wildman–Crippen MR) is 264 cm³/mol. The Kier molecular flexibility index (Phi) is 8.76. The van der Waals surface area contributed by atoms with Gasteiger partial charge in [-0.15, -0.1) is 0 Å². The molecular formula is C61H42N2. The predicted octanol–water partition coefficient (Wildman–Crippen LogP) is 16.0. The number of hydrogen-bond donors (Lipinski definition) is 0. The molecule has 0 aliphatic heterocycles. The SMILES string of the molecule is c1ccc(N(c2ccccc2)c2ccc(-c3cccc(-c4ccc5c6ccccc6n(-c6ccc7c(c6)-c6ccccc6C7(c6ccccc6)c6ccccc6)c5c4)c3)cc2)cc1. The fourth-order valence-corrected chi connectivity index (χ4v) is 10.3. The Morgan fingerprint density at radius 1 is 0.302 bits per heavy atom. The van der Waals surface area contributed by atoms with E-state index in [0.717, 1.165) is 22.7 Å². The summed E-state index contributed by atoms with van der Waals surface area (Å²) in [6, 6.07) is 93.1. The molecule has 2 nitrogen and oxygen atoms in total. The quantitative estimate of drug-likeness (QED) is 0.149. The molecule has 0 unspecified atom stereocenters. The van der Waals surface area contributed by atoms with Crippen LogP contribution in [0, 0.1) is 0 Å². The van der Waals surface area contributed by atoms with Crippen LogP contribution in [0.1, 0.15) is 22.3 Å². The maximum absolute atomic E-state index is 2.47. The second-order valence-electron chi connectivity index (χ2n) is 16.5. The number of rotatable bonds is 8. The average molecular weight is 803 g/mol. The minimum atomic E-state index is -0.435. The normalized spacial score (nSPS) is 12.6. The van der Waals surface area contributed by atoms with Crippen molar-refractivity contribution in [2.24, 2.45) is 0 Å². The highest BCUT2D eigenvalue weighted by Gasteiger charge is 2.46. The molecule has 296 valence electrons. The lowest BCUT2D eigenvalue weighted by Crippen LogP contribution is -2.28. The highest BCUT2D eigenvalue weighted by atomic mass is 15.1. The standard InChI is InChI=1S/C61H42N2/c1-5-20-47(21-6-1)61(48-22-7-2-8-23-48)57-30-15-13-28-53(57)56-42-52(37-39-58(56)61)63-59-31-16-14-29-54(59)55-38-34-46(41-60(55)63)45-19-17-18-44(40-45)43-32-35-51(36-33-43)62(49-24-9-3-10-25-49)50-26-11-4-12-27-50/h1-42H. The van der Waals surface area contributed by atoms with E-state index >= 15 is 0 Å². The van der Waals surface area contributed by atoms with E-state index in [4.69, 9.17) is 0 Å². The zero-order valence-corrected chi connectivity index (χ0v) is 34.6. The summed E-state index contributed by atoms with van der Waals surface area (Å²) < 4.78 is 2.47. The van der Waals surface area contributed by atoms with Crippen molar-refractivity contribution in [3.8, 4) is 39.1 Å². The van der Waals surface area contributed by atoms with Gasteiger partial charge in [-0.2, -0.15) is 0 Å². The minimum Gasteiger partial charge on any atom is -0.311 e. The molecule has 1 aliphatic rings. The van der Waals surface area contributed by atoms with Gasteiger partial charge in [0.2, 0.25) is 0 Å². The van der Waals surface area contributed by atoms with Crippen molar-refractivity contribution in [3.63, 3.8) is 0 Å². The van der Waals surface area contributed by atoms with Gasteiger partial charge in [-0.1, -0.05) is 188 Å². The van der Waals surface area contributed by atoms with Crippen LogP contribution in [0.5, 0.6) is 0 Å². The van der Waals surface area contributed by atoms with Crippen molar-refractivity contribution in [3.05, 3.63) is 277 Å². The first-order valence-corrected chi connectivity index (χ1v) is 21.8. The van der Waals surface area contributed by atoms with Crippen molar-refractivity contribution in [1.82, 2.24) is 4.57 Å². The Labute approximate surface area is 368 Å². The van der Waals surface area contributed by atoms with Crippen molar-refractivity contribution in [2.45, 2.75) is 5.41 Å². The van der Waals surface area contributed by atoms with Gasteiger partial charge in [-0.3, -0.25) is 0 Å². The average Bonchev–Trinajstić information content (AvgIpc) is 3.85. The number of fused-ring (bicyclic) bond motifs is 6. The third kappa shape index (κ3) is 5.95. The van der Waals surface area contributed by atoms with E-state index in [2.05, 4.69) is 264 Å². The van der Waals surface area contributed by atoms with Gasteiger partial charge < -0.3 is 9.47 Å². The topological polar surface area (TPSA) is 8.17 Å². The van der Waals surface area contributed by atoms with Gasteiger partial charge in [0.05, 0.1) is 16.4 Å². The Bertz CT molecular complexity index is 3350. The largest absolute Gasteiger partial charge is 0.311 e. The van der Waals surface area contributed by atoms with E-state index < -0.39 is 5.41 Å². The summed E-state index contributed by atoms with van der Waals surface area (Å²) in [6.45, 7) is 0. The molecule has 0 bridgehead atoms. The number of nitrogens with zero attached hydrogens (tertiary/aromatic N) is 2. The van der Waals surface area contributed by atoms with Crippen LogP contribution in [0.2, 0.25) is 0 Å². The monoisotopic (exact) mass is 802 g/mol. The third-order valence-corrected chi connectivity index (χ3v) is 13.1. The number of hydrogen-bond acceptors (Lipinski definition) is 1. The van der Waals surface area contributed by atoms with Crippen LogP contribution in [-0.4, -0.2) is 4.57 Å². The van der Waals surface area contributed by atoms with Crippen LogP contribution in [-0.2, 0) is 5.41 Å². The third-order valence-electron chi connectivity index (χ3n) is 13.1. The zero-order chi connectivity index (χ0) is 41.7. The molecule has 0 radical (unpaired) electrons. The smallest absolute Gasteiger partial charge is 0.0713 e. The maximum Gasteiger partial charge on any atom is 0.0713 e. The summed E-state index contributed by atoms with van der Waals surface area (Å²) in [6.07, 6.45) is 0. The molecule has 0 spiro atoms. The van der Waals surface area contributed by atoms with Crippen LogP contribution in [0.25, 0.3) is 60.9 Å². The molecule has 63 heavy (non-hydrogen) atoms. The van der Waals surface area contributed by atoms with Gasteiger partial charge >= 0.3 is 0 Å². The van der Waals surface area contributed by atoms with Gasteiger partial charge in [-0.25, -0.2) is 0 Å². The van der Waals surface area contributed by atoms with Crippen LogP contribution in [0.15, 0.2) is 255 Å².